The van der Waals surface area contributed by atoms with Gasteiger partial charge in [-0.2, -0.15) is 4.98 Å². The zero-order chi connectivity index (χ0) is 14.0. The maximum absolute atomic E-state index is 5.81. The molecule has 0 saturated heterocycles. The van der Waals surface area contributed by atoms with E-state index < -0.39 is 0 Å². The van der Waals surface area contributed by atoms with Crippen LogP contribution in [0.4, 0.5) is 0 Å². The molecule has 0 N–H and O–H groups in total. The molecule has 0 saturated carbocycles. The van der Waals surface area contributed by atoms with Crippen LogP contribution in [-0.2, 0) is 0 Å². The largest absolute Gasteiger partial charge is 0.439 e. The Labute approximate surface area is 118 Å². The van der Waals surface area contributed by atoms with Crippen LogP contribution in [0.1, 0.15) is 36.6 Å². The first kappa shape index (κ1) is 13.8. The van der Waals surface area contributed by atoms with E-state index in [4.69, 9.17) is 16.3 Å². The molecule has 3 nitrogen and oxygen atoms in total. The molecule has 0 spiro atoms. The topological polar surface area (TPSA) is 35.0 Å². The maximum atomic E-state index is 5.81. The van der Waals surface area contributed by atoms with E-state index in [1.807, 2.05) is 19.1 Å². The summed E-state index contributed by atoms with van der Waals surface area (Å²) in [5.41, 5.74) is 3.32. The fourth-order valence-electron chi connectivity index (χ4n) is 2.04. The number of aryl methyl sites for hydroxylation is 2. The molecule has 1 heterocycles. The van der Waals surface area contributed by atoms with Gasteiger partial charge in [-0.15, -0.1) is 0 Å². The molecule has 0 aliphatic heterocycles. The van der Waals surface area contributed by atoms with E-state index in [-0.39, 0.29) is 5.28 Å². The number of benzene rings is 1. The van der Waals surface area contributed by atoms with Gasteiger partial charge in [0.15, 0.2) is 0 Å². The minimum atomic E-state index is 0.200. The van der Waals surface area contributed by atoms with Crippen LogP contribution < -0.4 is 4.74 Å². The normalized spacial score (nSPS) is 10.8. The van der Waals surface area contributed by atoms with Crippen LogP contribution in [0.5, 0.6) is 11.6 Å². The molecule has 0 aliphatic rings. The van der Waals surface area contributed by atoms with E-state index in [0.717, 1.165) is 11.4 Å². The number of ether oxygens (including phenoxy) is 1. The number of hydrogen-bond acceptors (Lipinski definition) is 3. The van der Waals surface area contributed by atoms with Gasteiger partial charge < -0.3 is 4.74 Å². The summed E-state index contributed by atoms with van der Waals surface area (Å²) in [4.78, 5) is 8.05. The Kier molecular flexibility index (Phi) is 4.05. The second-order valence-corrected chi connectivity index (χ2v) is 5.23. The fourth-order valence-corrected chi connectivity index (χ4v) is 2.25. The summed E-state index contributed by atoms with van der Waals surface area (Å²) in [6.07, 6.45) is 0. The Morgan fingerprint density at radius 3 is 2.42 bits per heavy atom. The Bertz CT molecular complexity index is 576. The molecule has 0 atom stereocenters. The Hall–Kier alpha value is -1.61. The van der Waals surface area contributed by atoms with Crippen LogP contribution in [0.25, 0.3) is 0 Å². The third kappa shape index (κ3) is 3.44. The van der Waals surface area contributed by atoms with Crippen molar-refractivity contribution in [3.8, 4) is 11.6 Å². The molecular weight excluding hydrogens is 260 g/mol. The summed E-state index contributed by atoms with van der Waals surface area (Å²) < 4.78 is 5.72. The van der Waals surface area contributed by atoms with Crippen LogP contribution >= 0.6 is 11.6 Å². The fraction of sp³-hybridized carbons (Fsp3) is 0.333. The molecule has 0 fully saturated rings. The van der Waals surface area contributed by atoms with Crippen molar-refractivity contribution in [3.63, 3.8) is 0 Å². The van der Waals surface area contributed by atoms with Crippen molar-refractivity contribution in [3.05, 3.63) is 46.4 Å². The van der Waals surface area contributed by atoms with E-state index in [2.05, 4.69) is 36.8 Å². The number of nitrogens with zero attached hydrogens (tertiary/aromatic N) is 2. The third-order valence-electron chi connectivity index (χ3n) is 2.89. The molecule has 19 heavy (non-hydrogen) atoms. The monoisotopic (exact) mass is 276 g/mol. The van der Waals surface area contributed by atoms with Crippen molar-refractivity contribution in [1.29, 1.82) is 0 Å². The van der Waals surface area contributed by atoms with Crippen LogP contribution in [-0.4, -0.2) is 9.97 Å². The molecule has 100 valence electrons. The Morgan fingerprint density at radius 2 is 1.84 bits per heavy atom. The summed E-state index contributed by atoms with van der Waals surface area (Å²) in [5.74, 6) is 1.73. The number of aromatic nitrogens is 2. The number of rotatable bonds is 3. The van der Waals surface area contributed by atoms with Crippen molar-refractivity contribution in [2.45, 2.75) is 33.6 Å². The van der Waals surface area contributed by atoms with E-state index in [0.29, 0.717) is 11.8 Å². The SMILES string of the molecule is Cc1cc(Oc2ccc(C(C)C)c(C)c2)nc(Cl)n1. The van der Waals surface area contributed by atoms with Gasteiger partial charge in [-0.3, -0.25) is 0 Å². The maximum Gasteiger partial charge on any atom is 0.225 e. The van der Waals surface area contributed by atoms with Gasteiger partial charge in [-0.1, -0.05) is 19.9 Å². The quantitative estimate of drug-likeness (QED) is 0.765. The molecule has 2 aromatic rings. The number of halogens is 1. The lowest BCUT2D eigenvalue weighted by molar-refractivity contribution is 0.460. The second kappa shape index (κ2) is 5.57. The molecule has 4 heteroatoms. The van der Waals surface area contributed by atoms with Crippen molar-refractivity contribution in [2.24, 2.45) is 0 Å². The summed E-state index contributed by atoms with van der Waals surface area (Å²) in [5, 5.41) is 0.200. The van der Waals surface area contributed by atoms with Gasteiger partial charge in [0.25, 0.3) is 0 Å². The predicted molar refractivity (Wildman–Crippen MR) is 77.1 cm³/mol. The first-order valence-electron chi connectivity index (χ1n) is 6.25. The minimum absolute atomic E-state index is 0.200. The van der Waals surface area contributed by atoms with Crippen LogP contribution in [0.2, 0.25) is 5.28 Å². The molecule has 0 radical (unpaired) electrons. The minimum Gasteiger partial charge on any atom is -0.439 e. The molecule has 2 rings (SSSR count). The van der Waals surface area contributed by atoms with Gasteiger partial charge in [0.1, 0.15) is 5.75 Å². The zero-order valence-electron chi connectivity index (χ0n) is 11.6. The smallest absolute Gasteiger partial charge is 0.225 e. The first-order valence-corrected chi connectivity index (χ1v) is 6.63. The van der Waals surface area contributed by atoms with E-state index in [9.17, 15) is 0 Å². The van der Waals surface area contributed by atoms with Gasteiger partial charge >= 0.3 is 0 Å². The van der Waals surface area contributed by atoms with Gasteiger partial charge in [-0.05, 0) is 54.6 Å². The van der Waals surface area contributed by atoms with Gasteiger partial charge in [0.2, 0.25) is 11.2 Å². The van der Waals surface area contributed by atoms with Crippen molar-refractivity contribution >= 4 is 11.6 Å². The molecule has 0 bridgehead atoms. The van der Waals surface area contributed by atoms with Gasteiger partial charge in [0.05, 0.1) is 0 Å². The van der Waals surface area contributed by atoms with Crippen molar-refractivity contribution < 1.29 is 4.74 Å². The zero-order valence-corrected chi connectivity index (χ0v) is 12.3. The first-order chi connectivity index (χ1) is 8.95. The second-order valence-electron chi connectivity index (χ2n) is 4.89. The molecule has 1 aromatic carbocycles. The predicted octanol–water partition coefficient (Wildman–Crippen LogP) is 4.66. The van der Waals surface area contributed by atoms with Gasteiger partial charge in [0, 0.05) is 11.8 Å². The highest BCUT2D eigenvalue weighted by molar-refractivity contribution is 6.28. The van der Waals surface area contributed by atoms with E-state index in [1.54, 1.807) is 6.07 Å². The molecule has 1 aromatic heterocycles. The average molecular weight is 277 g/mol. The highest BCUT2D eigenvalue weighted by Gasteiger charge is 2.07. The van der Waals surface area contributed by atoms with Crippen LogP contribution in [0.3, 0.4) is 0 Å². The average Bonchev–Trinajstić information content (AvgIpc) is 2.26. The van der Waals surface area contributed by atoms with Crippen molar-refractivity contribution in [2.75, 3.05) is 0 Å². The summed E-state index contributed by atoms with van der Waals surface area (Å²) in [6, 6.07) is 7.82. The molecule has 0 aliphatic carbocycles. The lowest BCUT2D eigenvalue weighted by Gasteiger charge is -2.12. The lowest BCUT2D eigenvalue weighted by Crippen LogP contribution is -1.95. The highest BCUT2D eigenvalue weighted by Crippen LogP contribution is 2.26. The molecular formula is C15H17ClN2O. The van der Waals surface area contributed by atoms with Crippen LogP contribution in [0.15, 0.2) is 24.3 Å². The highest BCUT2D eigenvalue weighted by atomic mass is 35.5. The Morgan fingerprint density at radius 1 is 1.11 bits per heavy atom. The van der Waals surface area contributed by atoms with Crippen molar-refractivity contribution in [1.82, 2.24) is 9.97 Å². The standard InChI is InChI=1S/C15H17ClN2O/c1-9(2)13-6-5-12(7-10(13)3)19-14-8-11(4)17-15(16)18-14/h5-9H,1-4H3. The van der Waals surface area contributed by atoms with E-state index in [1.165, 1.54) is 11.1 Å². The third-order valence-corrected chi connectivity index (χ3v) is 3.06. The van der Waals surface area contributed by atoms with Gasteiger partial charge in [-0.25, -0.2) is 4.98 Å². The Balaban J connectivity index is 2.26. The van der Waals surface area contributed by atoms with E-state index >= 15 is 0 Å². The lowest BCUT2D eigenvalue weighted by atomic mass is 9.98. The summed E-state index contributed by atoms with van der Waals surface area (Å²) in [7, 11) is 0. The number of hydrogen-bond donors (Lipinski definition) is 0. The van der Waals surface area contributed by atoms with Crippen LogP contribution in [0, 0.1) is 13.8 Å². The summed E-state index contributed by atoms with van der Waals surface area (Å²) in [6.45, 7) is 8.29. The molecule has 0 amide bonds. The summed E-state index contributed by atoms with van der Waals surface area (Å²) >= 11 is 5.81. The molecule has 0 unspecified atom stereocenters.